The molecule has 0 aliphatic rings. The van der Waals surface area contributed by atoms with E-state index in [4.69, 9.17) is 4.74 Å². The number of fused-ring (bicyclic) bond motifs is 1. The fourth-order valence-corrected chi connectivity index (χ4v) is 2.94. The Labute approximate surface area is 156 Å². The SMILES string of the molecule is COc1cccc(Nc2nncc(NCCc3c[nH]c4ccccc34)n2)c1. The molecule has 4 aromatic rings. The first-order chi connectivity index (χ1) is 13.3. The fourth-order valence-electron chi connectivity index (χ4n) is 2.94. The molecule has 0 saturated carbocycles. The van der Waals surface area contributed by atoms with Gasteiger partial charge in [-0.1, -0.05) is 24.3 Å². The Morgan fingerprint density at radius 1 is 1.11 bits per heavy atom. The number of hydrogen-bond acceptors (Lipinski definition) is 6. The minimum atomic E-state index is 0.431. The fraction of sp³-hybridized carbons (Fsp3) is 0.150. The lowest BCUT2D eigenvalue weighted by atomic mass is 10.1. The van der Waals surface area contributed by atoms with E-state index in [0.717, 1.165) is 29.9 Å². The van der Waals surface area contributed by atoms with E-state index < -0.39 is 0 Å². The van der Waals surface area contributed by atoms with Crippen molar-refractivity contribution >= 4 is 28.4 Å². The van der Waals surface area contributed by atoms with Crippen molar-refractivity contribution in [3.8, 4) is 5.75 Å². The Kier molecular flexibility index (Phi) is 4.82. The highest BCUT2D eigenvalue weighted by molar-refractivity contribution is 5.83. The van der Waals surface area contributed by atoms with E-state index in [1.54, 1.807) is 13.3 Å². The number of rotatable bonds is 7. The van der Waals surface area contributed by atoms with E-state index in [2.05, 4.69) is 55.2 Å². The summed E-state index contributed by atoms with van der Waals surface area (Å²) in [6, 6.07) is 15.9. The molecule has 0 bridgehead atoms. The van der Waals surface area contributed by atoms with Gasteiger partial charge in [0, 0.05) is 35.4 Å². The zero-order valence-corrected chi connectivity index (χ0v) is 14.9. The number of ether oxygens (including phenoxy) is 1. The molecule has 0 saturated heterocycles. The summed E-state index contributed by atoms with van der Waals surface area (Å²) >= 11 is 0. The van der Waals surface area contributed by atoms with Gasteiger partial charge in [-0.2, -0.15) is 10.1 Å². The van der Waals surface area contributed by atoms with Crippen LogP contribution in [-0.2, 0) is 6.42 Å². The number of nitrogens with zero attached hydrogens (tertiary/aromatic N) is 3. The number of hydrogen-bond donors (Lipinski definition) is 3. The third-order valence-electron chi connectivity index (χ3n) is 4.26. The smallest absolute Gasteiger partial charge is 0.249 e. The van der Waals surface area contributed by atoms with Gasteiger partial charge in [0.2, 0.25) is 5.95 Å². The molecule has 0 amide bonds. The van der Waals surface area contributed by atoms with Gasteiger partial charge < -0.3 is 20.4 Å². The predicted octanol–water partition coefficient (Wildman–Crippen LogP) is 3.76. The molecule has 4 rings (SSSR count). The lowest BCUT2D eigenvalue weighted by Crippen LogP contribution is -2.08. The summed E-state index contributed by atoms with van der Waals surface area (Å²) in [5, 5.41) is 15.7. The van der Waals surface area contributed by atoms with Gasteiger partial charge in [-0.3, -0.25) is 0 Å². The maximum atomic E-state index is 5.22. The molecule has 0 spiro atoms. The third kappa shape index (κ3) is 3.98. The van der Waals surface area contributed by atoms with Crippen LogP contribution in [0.25, 0.3) is 10.9 Å². The van der Waals surface area contributed by atoms with Crippen LogP contribution < -0.4 is 15.4 Å². The van der Waals surface area contributed by atoms with Crippen LogP contribution in [0.4, 0.5) is 17.5 Å². The van der Waals surface area contributed by atoms with Crippen molar-refractivity contribution in [1.82, 2.24) is 20.2 Å². The maximum Gasteiger partial charge on any atom is 0.249 e. The van der Waals surface area contributed by atoms with Crippen LogP contribution in [0.5, 0.6) is 5.75 Å². The molecule has 0 radical (unpaired) electrons. The molecule has 0 unspecified atom stereocenters. The van der Waals surface area contributed by atoms with Gasteiger partial charge in [-0.25, -0.2) is 0 Å². The van der Waals surface area contributed by atoms with Crippen molar-refractivity contribution in [3.05, 3.63) is 66.5 Å². The quantitative estimate of drug-likeness (QED) is 0.465. The van der Waals surface area contributed by atoms with Crippen molar-refractivity contribution in [1.29, 1.82) is 0 Å². The molecule has 0 fully saturated rings. The minimum Gasteiger partial charge on any atom is -0.497 e. The Bertz CT molecular complexity index is 1050. The van der Waals surface area contributed by atoms with Crippen molar-refractivity contribution in [2.24, 2.45) is 0 Å². The summed E-state index contributed by atoms with van der Waals surface area (Å²) in [5.74, 6) is 1.87. The summed E-state index contributed by atoms with van der Waals surface area (Å²) in [4.78, 5) is 7.76. The first kappa shape index (κ1) is 16.8. The second kappa shape index (κ2) is 7.74. The highest BCUT2D eigenvalue weighted by Crippen LogP contribution is 2.20. The van der Waals surface area contributed by atoms with E-state index in [1.807, 2.05) is 30.3 Å². The number of aromatic nitrogens is 4. The van der Waals surface area contributed by atoms with Gasteiger partial charge in [0.05, 0.1) is 13.3 Å². The molecule has 3 N–H and O–H groups in total. The molecule has 2 aromatic carbocycles. The summed E-state index contributed by atoms with van der Waals surface area (Å²) in [6.45, 7) is 0.749. The Hall–Kier alpha value is -3.61. The minimum absolute atomic E-state index is 0.431. The zero-order valence-electron chi connectivity index (χ0n) is 14.9. The van der Waals surface area contributed by atoms with Crippen molar-refractivity contribution in [2.75, 3.05) is 24.3 Å². The summed E-state index contributed by atoms with van der Waals surface area (Å²) in [7, 11) is 1.63. The lowest BCUT2D eigenvalue weighted by molar-refractivity contribution is 0.415. The number of anilines is 3. The van der Waals surface area contributed by atoms with E-state index in [1.165, 1.54) is 10.9 Å². The van der Waals surface area contributed by atoms with Gasteiger partial charge in [-0.15, -0.1) is 5.10 Å². The van der Waals surface area contributed by atoms with E-state index >= 15 is 0 Å². The Morgan fingerprint density at radius 3 is 2.96 bits per heavy atom. The lowest BCUT2D eigenvalue weighted by Gasteiger charge is -2.08. The number of methoxy groups -OCH3 is 1. The van der Waals surface area contributed by atoms with Crippen LogP contribution >= 0.6 is 0 Å². The zero-order chi connectivity index (χ0) is 18.5. The van der Waals surface area contributed by atoms with E-state index in [0.29, 0.717) is 11.8 Å². The molecule has 27 heavy (non-hydrogen) atoms. The molecule has 0 atom stereocenters. The van der Waals surface area contributed by atoms with Crippen LogP contribution in [0, 0.1) is 0 Å². The molecule has 7 nitrogen and oxygen atoms in total. The highest BCUT2D eigenvalue weighted by Gasteiger charge is 2.05. The monoisotopic (exact) mass is 360 g/mol. The largest absolute Gasteiger partial charge is 0.497 e. The van der Waals surface area contributed by atoms with Crippen molar-refractivity contribution in [3.63, 3.8) is 0 Å². The molecule has 0 aliphatic carbocycles. The highest BCUT2D eigenvalue weighted by atomic mass is 16.5. The van der Waals surface area contributed by atoms with E-state index in [-0.39, 0.29) is 0 Å². The Morgan fingerprint density at radius 2 is 2.04 bits per heavy atom. The average molecular weight is 360 g/mol. The van der Waals surface area contributed by atoms with Gasteiger partial charge >= 0.3 is 0 Å². The topological polar surface area (TPSA) is 87.8 Å². The molecule has 2 heterocycles. The summed E-state index contributed by atoms with van der Waals surface area (Å²) in [6.07, 6.45) is 4.55. The normalized spacial score (nSPS) is 10.7. The van der Waals surface area contributed by atoms with Gasteiger partial charge in [-0.05, 0) is 30.2 Å². The third-order valence-corrected chi connectivity index (χ3v) is 4.26. The van der Waals surface area contributed by atoms with Gasteiger partial charge in [0.15, 0.2) is 5.82 Å². The first-order valence-corrected chi connectivity index (χ1v) is 8.71. The summed E-state index contributed by atoms with van der Waals surface area (Å²) < 4.78 is 5.22. The molecule has 7 heteroatoms. The number of para-hydroxylation sites is 1. The van der Waals surface area contributed by atoms with Crippen LogP contribution in [0.2, 0.25) is 0 Å². The molecule has 0 aliphatic heterocycles. The summed E-state index contributed by atoms with van der Waals surface area (Å²) in [5.41, 5.74) is 3.27. The number of aromatic amines is 1. The second-order valence-electron chi connectivity index (χ2n) is 6.06. The van der Waals surface area contributed by atoms with Crippen LogP contribution in [0.3, 0.4) is 0 Å². The maximum absolute atomic E-state index is 5.22. The van der Waals surface area contributed by atoms with Crippen LogP contribution in [0.15, 0.2) is 60.9 Å². The van der Waals surface area contributed by atoms with Gasteiger partial charge in [0.1, 0.15) is 5.75 Å². The van der Waals surface area contributed by atoms with Crippen LogP contribution in [0.1, 0.15) is 5.56 Å². The average Bonchev–Trinajstić information content (AvgIpc) is 3.12. The molecular weight excluding hydrogens is 340 g/mol. The van der Waals surface area contributed by atoms with Crippen LogP contribution in [-0.4, -0.2) is 33.8 Å². The first-order valence-electron chi connectivity index (χ1n) is 8.71. The van der Waals surface area contributed by atoms with Gasteiger partial charge in [0.25, 0.3) is 0 Å². The van der Waals surface area contributed by atoms with E-state index in [9.17, 15) is 0 Å². The van der Waals surface area contributed by atoms with Crippen molar-refractivity contribution in [2.45, 2.75) is 6.42 Å². The molecule has 2 aromatic heterocycles. The predicted molar refractivity (Wildman–Crippen MR) is 107 cm³/mol. The molecule has 136 valence electrons. The molecular formula is C20H20N6O. The standard InChI is InChI=1S/C20H20N6O/c1-27-16-6-4-5-15(11-16)24-20-25-19(13-23-26-20)21-10-9-14-12-22-18-8-3-2-7-17(14)18/h2-8,11-13,22H,9-10H2,1H3,(H2,21,24,25,26). The number of H-pyrrole nitrogens is 1. The second-order valence-corrected chi connectivity index (χ2v) is 6.06. The Balaban J connectivity index is 1.39. The number of nitrogens with one attached hydrogen (secondary N) is 3. The number of benzene rings is 2. The van der Waals surface area contributed by atoms with Crippen molar-refractivity contribution < 1.29 is 4.74 Å².